The number of carbonyl (C=O) groups is 1. The molecule has 0 aliphatic carbocycles. The van der Waals surface area contributed by atoms with Crippen LogP contribution in [0.15, 0.2) is 0 Å². The van der Waals surface area contributed by atoms with Crippen LogP contribution in [-0.2, 0) is 19.0 Å². The maximum absolute atomic E-state index is 11.6. The van der Waals surface area contributed by atoms with Crippen LogP contribution >= 0.6 is 0 Å². The third-order valence-corrected chi connectivity index (χ3v) is 4.30. The maximum Gasteiger partial charge on any atom is 0.311 e. The second-order valence-electron chi connectivity index (χ2n) is 6.48. The Morgan fingerprint density at radius 1 is 1.35 bits per heavy atom. The number of carbonyl (C=O) groups excluding carboxylic acids is 1. The molecular weight excluding hydrogens is 258 g/mol. The molecular formula is C15H28NO4+. The summed E-state index contributed by atoms with van der Waals surface area (Å²) in [6.45, 7) is 8.01. The Labute approximate surface area is 121 Å². The molecule has 0 bridgehead atoms. The Morgan fingerprint density at radius 2 is 2.05 bits per heavy atom. The molecule has 0 unspecified atom stereocenters. The first-order valence-corrected chi connectivity index (χ1v) is 7.76. The summed E-state index contributed by atoms with van der Waals surface area (Å²) in [6.07, 6.45) is 4.18. The molecule has 0 aromatic rings. The molecule has 2 fully saturated rings. The summed E-state index contributed by atoms with van der Waals surface area (Å²) in [5.41, 5.74) is 0. The minimum Gasteiger partial charge on any atom is -0.466 e. The molecule has 0 spiro atoms. The molecule has 2 saturated heterocycles. The van der Waals surface area contributed by atoms with Crippen LogP contribution in [0.5, 0.6) is 0 Å². The molecule has 2 aliphatic heterocycles. The highest BCUT2D eigenvalue weighted by Gasteiger charge is 2.42. The molecule has 0 N–H and O–H groups in total. The van der Waals surface area contributed by atoms with Crippen LogP contribution in [0.3, 0.4) is 0 Å². The van der Waals surface area contributed by atoms with Crippen molar-refractivity contribution in [1.82, 2.24) is 0 Å². The summed E-state index contributed by atoms with van der Waals surface area (Å²) in [7, 11) is 2.30. The van der Waals surface area contributed by atoms with Crippen LogP contribution in [0.4, 0.5) is 0 Å². The lowest BCUT2D eigenvalue weighted by molar-refractivity contribution is -0.916. The highest BCUT2D eigenvalue weighted by atomic mass is 16.7. The topological polar surface area (TPSA) is 44.8 Å². The van der Waals surface area contributed by atoms with E-state index in [1.54, 1.807) is 6.92 Å². The molecule has 5 nitrogen and oxygen atoms in total. The van der Waals surface area contributed by atoms with Crippen LogP contribution in [0.2, 0.25) is 0 Å². The number of likely N-dealkylation sites (tertiary alicyclic amines) is 1. The van der Waals surface area contributed by atoms with Gasteiger partial charge in [0.05, 0.1) is 39.8 Å². The minimum atomic E-state index is -0.814. The van der Waals surface area contributed by atoms with Gasteiger partial charge in [0.25, 0.3) is 0 Å². The van der Waals surface area contributed by atoms with E-state index in [4.69, 9.17) is 14.2 Å². The van der Waals surface area contributed by atoms with E-state index in [9.17, 15) is 4.79 Å². The van der Waals surface area contributed by atoms with Crippen molar-refractivity contribution in [2.75, 3.05) is 39.9 Å². The van der Waals surface area contributed by atoms with Crippen LogP contribution in [0.1, 0.15) is 39.5 Å². The van der Waals surface area contributed by atoms with E-state index in [-0.39, 0.29) is 18.5 Å². The Kier molecular flexibility index (Phi) is 5.04. The van der Waals surface area contributed by atoms with Gasteiger partial charge in [-0.2, -0.15) is 0 Å². The summed E-state index contributed by atoms with van der Waals surface area (Å²) >= 11 is 0. The standard InChI is InChI=1S/C15H28NO4/c1-4-18-14(17)10-15(2)19-12-13(20-15)11-16(3)8-6-5-7-9-16/h13H,4-12H2,1-3H3/q+1/t13-,15+/m1/s1. The number of piperidine rings is 1. The van der Waals surface area contributed by atoms with E-state index < -0.39 is 5.79 Å². The van der Waals surface area contributed by atoms with Gasteiger partial charge in [-0.15, -0.1) is 0 Å². The second kappa shape index (κ2) is 6.41. The smallest absolute Gasteiger partial charge is 0.311 e. The molecule has 5 heteroatoms. The normalized spacial score (nSPS) is 33.0. The van der Waals surface area contributed by atoms with Gasteiger partial charge in [0.2, 0.25) is 0 Å². The van der Waals surface area contributed by atoms with Crippen molar-refractivity contribution < 1.29 is 23.5 Å². The zero-order valence-electron chi connectivity index (χ0n) is 13.0. The third kappa shape index (κ3) is 4.17. The van der Waals surface area contributed by atoms with Gasteiger partial charge in [0.15, 0.2) is 5.79 Å². The number of rotatable bonds is 5. The number of nitrogens with zero attached hydrogens (tertiary/aromatic N) is 1. The highest BCUT2D eigenvalue weighted by molar-refractivity contribution is 5.70. The SMILES string of the molecule is CCOC(=O)C[C@@]1(C)OC[C@@H](C[N+]2(C)CCCCC2)O1. The zero-order valence-corrected chi connectivity index (χ0v) is 13.0. The molecule has 0 saturated carbocycles. The molecule has 20 heavy (non-hydrogen) atoms. The average molecular weight is 286 g/mol. The molecule has 116 valence electrons. The van der Waals surface area contributed by atoms with Crippen molar-refractivity contribution in [2.45, 2.75) is 51.4 Å². The maximum atomic E-state index is 11.6. The number of likely N-dealkylation sites (N-methyl/N-ethyl adjacent to an activating group) is 1. The van der Waals surface area contributed by atoms with Crippen molar-refractivity contribution in [2.24, 2.45) is 0 Å². The fraction of sp³-hybridized carbons (Fsp3) is 0.933. The lowest BCUT2D eigenvalue weighted by Crippen LogP contribution is -2.52. The van der Waals surface area contributed by atoms with E-state index in [0.717, 1.165) is 11.0 Å². The van der Waals surface area contributed by atoms with Crippen molar-refractivity contribution in [3.63, 3.8) is 0 Å². The Balaban J connectivity index is 1.83. The van der Waals surface area contributed by atoms with Gasteiger partial charge in [-0.1, -0.05) is 0 Å². The van der Waals surface area contributed by atoms with Crippen molar-refractivity contribution in [3.05, 3.63) is 0 Å². The molecule has 0 radical (unpaired) electrons. The predicted octanol–water partition coefficient (Wildman–Crippen LogP) is 1.70. The first kappa shape index (κ1) is 15.7. The average Bonchev–Trinajstić information content (AvgIpc) is 2.70. The fourth-order valence-corrected chi connectivity index (χ4v) is 3.30. The van der Waals surface area contributed by atoms with Gasteiger partial charge in [-0.05, 0) is 33.1 Å². The van der Waals surface area contributed by atoms with Gasteiger partial charge in [0, 0.05) is 0 Å². The molecule has 2 heterocycles. The monoisotopic (exact) mass is 286 g/mol. The zero-order chi connectivity index (χ0) is 14.6. The Hall–Kier alpha value is -0.650. The van der Waals surface area contributed by atoms with Crippen LogP contribution in [0, 0.1) is 0 Å². The molecule has 0 amide bonds. The van der Waals surface area contributed by atoms with Gasteiger partial charge >= 0.3 is 5.97 Å². The summed E-state index contributed by atoms with van der Waals surface area (Å²) in [5, 5.41) is 0. The number of hydrogen-bond acceptors (Lipinski definition) is 4. The minimum absolute atomic E-state index is 0.0810. The van der Waals surface area contributed by atoms with E-state index in [1.807, 2.05) is 6.92 Å². The van der Waals surface area contributed by atoms with Crippen molar-refractivity contribution in [1.29, 1.82) is 0 Å². The van der Waals surface area contributed by atoms with Gasteiger partial charge < -0.3 is 18.7 Å². The summed E-state index contributed by atoms with van der Waals surface area (Å²) < 4.78 is 17.7. The second-order valence-corrected chi connectivity index (χ2v) is 6.48. The summed E-state index contributed by atoms with van der Waals surface area (Å²) in [4.78, 5) is 11.6. The Morgan fingerprint density at radius 3 is 2.70 bits per heavy atom. The molecule has 0 aromatic heterocycles. The summed E-state index contributed by atoms with van der Waals surface area (Å²) in [6, 6.07) is 0. The molecule has 2 atom stereocenters. The van der Waals surface area contributed by atoms with Crippen molar-refractivity contribution >= 4 is 5.97 Å². The highest BCUT2D eigenvalue weighted by Crippen LogP contribution is 2.29. The van der Waals surface area contributed by atoms with Gasteiger partial charge in [0.1, 0.15) is 12.6 Å². The number of hydrogen-bond donors (Lipinski definition) is 0. The van der Waals surface area contributed by atoms with E-state index >= 15 is 0 Å². The lowest BCUT2D eigenvalue weighted by atomic mass is 10.1. The Bertz CT molecular complexity index is 341. The van der Waals surface area contributed by atoms with Crippen LogP contribution in [0.25, 0.3) is 0 Å². The molecule has 2 aliphatic rings. The fourth-order valence-electron chi connectivity index (χ4n) is 3.30. The lowest BCUT2D eigenvalue weighted by Gasteiger charge is -2.39. The van der Waals surface area contributed by atoms with Crippen LogP contribution < -0.4 is 0 Å². The summed E-state index contributed by atoms with van der Waals surface area (Å²) in [5.74, 6) is -1.07. The van der Waals surface area contributed by atoms with E-state index in [2.05, 4.69) is 7.05 Å². The predicted molar refractivity (Wildman–Crippen MR) is 75.1 cm³/mol. The van der Waals surface area contributed by atoms with Crippen LogP contribution in [-0.4, -0.2) is 62.2 Å². The first-order chi connectivity index (χ1) is 9.45. The molecule has 2 rings (SSSR count). The first-order valence-electron chi connectivity index (χ1n) is 7.76. The van der Waals surface area contributed by atoms with Gasteiger partial charge in [-0.25, -0.2) is 0 Å². The number of quaternary nitrogens is 1. The molecule has 0 aromatic carbocycles. The number of esters is 1. The largest absolute Gasteiger partial charge is 0.466 e. The van der Waals surface area contributed by atoms with E-state index in [0.29, 0.717) is 13.2 Å². The van der Waals surface area contributed by atoms with E-state index in [1.165, 1.54) is 32.4 Å². The quantitative estimate of drug-likeness (QED) is 0.570. The van der Waals surface area contributed by atoms with Gasteiger partial charge in [-0.3, -0.25) is 4.79 Å². The van der Waals surface area contributed by atoms with Crippen molar-refractivity contribution in [3.8, 4) is 0 Å². The number of ether oxygens (including phenoxy) is 3. The third-order valence-electron chi connectivity index (χ3n) is 4.30.